The molecule has 2 N–H and O–H groups in total. The van der Waals surface area contributed by atoms with E-state index in [2.05, 4.69) is 47.3 Å². The van der Waals surface area contributed by atoms with Crippen molar-refractivity contribution in [3.8, 4) is 0 Å². The predicted molar refractivity (Wildman–Crippen MR) is 133 cm³/mol. The quantitative estimate of drug-likeness (QED) is 0.524. The lowest BCUT2D eigenvalue weighted by Crippen LogP contribution is -2.34. The van der Waals surface area contributed by atoms with Crippen molar-refractivity contribution in [2.45, 2.75) is 44.9 Å². The average Bonchev–Trinajstić information content (AvgIpc) is 2.68. The van der Waals surface area contributed by atoms with Crippen molar-refractivity contribution >= 4 is 54.9 Å². The Kier molecular flexibility index (Phi) is 8.38. The molecule has 9 heteroatoms. The third-order valence-electron chi connectivity index (χ3n) is 4.72. The molecule has 0 spiro atoms. The standard InChI is InChI=1S/C22H28BrN3O3S2/c1-6-26(7-2)31(28,29)17-11-9-16(10-12-17)24-21(30)25-20(27)15-8-13-18(19(23)14-15)22(3,4)5/h8-14H,6-7H2,1-5H3,(H2,24,25,27,30). The van der Waals surface area contributed by atoms with Crippen LogP contribution in [0.1, 0.15) is 50.5 Å². The number of halogens is 1. The highest BCUT2D eigenvalue weighted by molar-refractivity contribution is 9.10. The molecular weight excluding hydrogens is 498 g/mol. The summed E-state index contributed by atoms with van der Waals surface area (Å²) in [5, 5.41) is 5.68. The number of nitrogens with zero attached hydrogens (tertiary/aromatic N) is 1. The van der Waals surface area contributed by atoms with Gasteiger partial charge in [0.2, 0.25) is 10.0 Å². The van der Waals surface area contributed by atoms with E-state index in [1.807, 2.05) is 6.07 Å². The van der Waals surface area contributed by atoms with Crippen LogP contribution in [0.3, 0.4) is 0 Å². The monoisotopic (exact) mass is 525 g/mol. The van der Waals surface area contributed by atoms with Gasteiger partial charge in [0.25, 0.3) is 5.91 Å². The summed E-state index contributed by atoms with van der Waals surface area (Å²) in [6.07, 6.45) is 0. The van der Waals surface area contributed by atoms with Crippen molar-refractivity contribution in [1.29, 1.82) is 0 Å². The Morgan fingerprint density at radius 1 is 1.06 bits per heavy atom. The van der Waals surface area contributed by atoms with E-state index in [4.69, 9.17) is 12.2 Å². The first-order valence-electron chi connectivity index (χ1n) is 9.92. The summed E-state index contributed by atoms with van der Waals surface area (Å²) >= 11 is 8.77. The average molecular weight is 527 g/mol. The van der Waals surface area contributed by atoms with Gasteiger partial charge in [-0.1, -0.05) is 56.6 Å². The lowest BCUT2D eigenvalue weighted by molar-refractivity contribution is 0.0977. The fourth-order valence-electron chi connectivity index (χ4n) is 3.03. The van der Waals surface area contributed by atoms with Gasteiger partial charge in [0.05, 0.1) is 4.90 Å². The molecule has 2 aromatic carbocycles. The molecule has 2 aromatic rings. The number of hydrogen-bond acceptors (Lipinski definition) is 4. The minimum absolute atomic E-state index is 0.0460. The first-order valence-corrected chi connectivity index (χ1v) is 12.6. The van der Waals surface area contributed by atoms with E-state index in [1.165, 1.54) is 16.4 Å². The van der Waals surface area contributed by atoms with Gasteiger partial charge in [-0.2, -0.15) is 4.31 Å². The molecule has 0 aliphatic carbocycles. The van der Waals surface area contributed by atoms with E-state index in [0.717, 1.165) is 10.0 Å². The number of hydrogen-bond donors (Lipinski definition) is 2. The smallest absolute Gasteiger partial charge is 0.257 e. The van der Waals surface area contributed by atoms with Gasteiger partial charge in [0.1, 0.15) is 0 Å². The van der Waals surface area contributed by atoms with E-state index in [0.29, 0.717) is 24.3 Å². The number of rotatable bonds is 6. The molecule has 0 saturated carbocycles. The fourth-order valence-corrected chi connectivity index (χ4v) is 5.67. The molecule has 0 aliphatic heterocycles. The second-order valence-electron chi connectivity index (χ2n) is 7.97. The molecule has 0 saturated heterocycles. The number of sulfonamides is 1. The minimum Gasteiger partial charge on any atom is -0.332 e. The summed E-state index contributed by atoms with van der Waals surface area (Å²) in [5.74, 6) is -0.334. The predicted octanol–water partition coefficient (Wildman–Crippen LogP) is 4.90. The Labute approximate surface area is 198 Å². The van der Waals surface area contributed by atoms with Crippen molar-refractivity contribution in [2.24, 2.45) is 0 Å². The molecule has 0 atom stereocenters. The van der Waals surface area contributed by atoms with Crippen LogP contribution in [0.5, 0.6) is 0 Å². The molecule has 0 heterocycles. The molecule has 2 rings (SSSR count). The molecule has 168 valence electrons. The molecule has 0 bridgehead atoms. The van der Waals surface area contributed by atoms with Crippen molar-refractivity contribution in [3.63, 3.8) is 0 Å². The highest BCUT2D eigenvalue weighted by Crippen LogP contribution is 2.30. The van der Waals surface area contributed by atoms with Crippen LogP contribution in [0.2, 0.25) is 0 Å². The third-order valence-corrected chi connectivity index (χ3v) is 7.65. The zero-order valence-electron chi connectivity index (χ0n) is 18.3. The van der Waals surface area contributed by atoms with Crippen LogP contribution in [0.15, 0.2) is 51.8 Å². The van der Waals surface area contributed by atoms with Crippen LogP contribution in [-0.2, 0) is 15.4 Å². The fraction of sp³-hybridized carbons (Fsp3) is 0.364. The Balaban J connectivity index is 2.06. The van der Waals surface area contributed by atoms with E-state index >= 15 is 0 Å². The topological polar surface area (TPSA) is 78.5 Å². The van der Waals surface area contributed by atoms with Crippen LogP contribution in [0.25, 0.3) is 0 Å². The molecule has 1 amide bonds. The highest BCUT2D eigenvalue weighted by Gasteiger charge is 2.21. The maximum atomic E-state index is 12.6. The van der Waals surface area contributed by atoms with Crippen LogP contribution in [0, 0.1) is 0 Å². The second kappa shape index (κ2) is 10.2. The SMILES string of the molecule is CCN(CC)S(=O)(=O)c1ccc(NC(=S)NC(=O)c2ccc(C(C)(C)C)c(Br)c2)cc1. The summed E-state index contributed by atoms with van der Waals surface area (Å²) < 4.78 is 27.4. The molecule has 0 unspecified atom stereocenters. The van der Waals surface area contributed by atoms with Crippen molar-refractivity contribution in [3.05, 3.63) is 58.1 Å². The van der Waals surface area contributed by atoms with Crippen LogP contribution in [0.4, 0.5) is 5.69 Å². The van der Waals surface area contributed by atoms with Gasteiger partial charge in [0, 0.05) is 28.8 Å². The molecular formula is C22H28BrN3O3S2. The zero-order valence-corrected chi connectivity index (χ0v) is 21.5. The van der Waals surface area contributed by atoms with Gasteiger partial charge in [-0.05, 0) is 59.6 Å². The summed E-state index contributed by atoms with van der Waals surface area (Å²) in [5.41, 5.74) is 2.11. The van der Waals surface area contributed by atoms with Gasteiger partial charge in [0.15, 0.2) is 5.11 Å². The molecule has 0 aliphatic rings. The molecule has 6 nitrogen and oxygen atoms in total. The van der Waals surface area contributed by atoms with Crippen molar-refractivity contribution in [2.75, 3.05) is 18.4 Å². The molecule has 31 heavy (non-hydrogen) atoms. The number of anilines is 1. The maximum absolute atomic E-state index is 12.6. The lowest BCUT2D eigenvalue weighted by atomic mass is 9.86. The number of carbonyl (C=O) groups is 1. The molecule has 0 aromatic heterocycles. The minimum atomic E-state index is -3.52. The first kappa shape index (κ1) is 25.5. The van der Waals surface area contributed by atoms with Crippen molar-refractivity contribution in [1.82, 2.24) is 9.62 Å². The zero-order chi connectivity index (χ0) is 23.4. The Morgan fingerprint density at radius 3 is 2.13 bits per heavy atom. The van der Waals surface area contributed by atoms with Crippen LogP contribution >= 0.6 is 28.1 Å². The van der Waals surface area contributed by atoms with Gasteiger partial charge < -0.3 is 5.32 Å². The van der Waals surface area contributed by atoms with E-state index < -0.39 is 10.0 Å². The number of nitrogens with one attached hydrogen (secondary N) is 2. The largest absolute Gasteiger partial charge is 0.332 e. The van der Waals surface area contributed by atoms with E-state index in [9.17, 15) is 13.2 Å². The van der Waals surface area contributed by atoms with Crippen molar-refractivity contribution < 1.29 is 13.2 Å². The van der Waals surface area contributed by atoms with Gasteiger partial charge in [-0.25, -0.2) is 8.42 Å². The molecule has 0 radical (unpaired) electrons. The first-order chi connectivity index (χ1) is 14.4. The van der Waals surface area contributed by atoms with Gasteiger partial charge in [-0.3, -0.25) is 10.1 Å². The molecule has 0 fully saturated rings. The van der Waals surface area contributed by atoms with Gasteiger partial charge in [-0.15, -0.1) is 0 Å². The normalized spacial score (nSPS) is 12.0. The summed E-state index contributed by atoms with van der Waals surface area (Å²) in [7, 11) is -3.52. The maximum Gasteiger partial charge on any atom is 0.257 e. The number of carbonyl (C=O) groups excluding carboxylic acids is 1. The Hall–Kier alpha value is -1.81. The Bertz CT molecular complexity index is 1060. The van der Waals surface area contributed by atoms with Crippen LogP contribution < -0.4 is 10.6 Å². The summed E-state index contributed by atoms with van der Waals surface area (Å²) in [4.78, 5) is 12.7. The Morgan fingerprint density at radius 2 is 1.65 bits per heavy atom. The van der Waals surface area contributed by atoms with E-state index in [1.54, 1.807) is 38.1 Å². The highest BCUT2D eigenvalue weighted by atomic mass is 79.9. The summed E-state index contributed by atoms with van der Waals surface area (Å²) in [6.45, 7) is 10.7. The summed E-state index contributed by atoms with van der Waals surface area (Å²) in [6, 6.07) is 11.7. The third kappa shape index (κ3) is 6.35. The van der Waals surface area contributed by atoms with Crippen LogP contribution in [-0.4, -0.2) is 36.8 Å². The lowest BCUT2D eigenvalue weighted by Gasteiger charge is -2.21. The van der Waals surface area contributed by atoms with Gasteiger partial charge >= 0.3 is 0 Å². The second-order valence-corrected chi connectivity index (χ2v) is 11.2. The van der Waals surface area contributed by atoms with E-state index in [-0.39, 0.29) is 21.3 Å². The number of benzene rings is 2. The number of amides is 1. The number of thiocarbonyl (C=S) groups is 1.